The van der Waals surface area contributed by atoms with Gasteiger partial charge in [-0.15, -0.1) is 0 Å². The van der Waals surface area contributed by atoms with Gasteiger partial charge in [-0.2, -0.15) is 0 Å². The van der Waals surface area contributed by atoms with E-state index < -0.39 is 12.1 Å². The minimum atomic E-state index is -0.602. The smallest absolute Gasteiger partial charge is 0.407 e. The molecule has 1 fully saturated rings. The predicted octanol–water partition coefficient (Wildman–Crippen LogP) is 0.884. The third-order valence-corrected chi connectivity index (χ3v) is 3.62. The molecule has 3 amide bonds. The second-order valence-electron chi connectivity index (χ2n) is 6.14. The zero-order chi connectivity index (χ0) is 16.7. The zero-order valence-corrected chi connectivity index (χ0v) is 13.8. The molecule has 0 spiro atoms. The molecule has 0 radical (unpaired) electrons. The molecule has 1 rings (SSSR count). The van der Waals surface area contributed by atoms with E-state index in [0.29, 0.717) is 19.5 Å². The maximum absolute atomic E-state index is 12.7. The highest BCUT2D eigenvalue weighted by Crippen LogP contribution is 2.14. The predicted molar refractivity (Wildman–Crippen MR) is 82.2 cm³/mol. The number of carbonyl (C=O) groups excluding carboxylic acids is 3. The molecule has 2 atom stereocenters. The summed E-state index contributed by atoms with van der Waals surface area (Å²) in [5, 5.41) is 5.46. The number of carbonyl (C=O) groups is 3. The maximum Gasteiger partial charge on any atom is 0.407 e. The third kappa shape index (κ3) is 5.91. The van der Waals surface area contributed by atoms with Crippen LogP contribution in [0, 0.1) is 5.92 Å². The average Bonchev–Trinajstić information content (AvgIpc) is 2.44. The van der Waals surface area contributed by atoms with Crippen LogP contribution in [0.25, 0.3) is 0 Å². The lowest BCUT2D eigenvalue weighted by Crippen LogP contribution is -2.55. The summed E-state index contributed by atoms with van der Waals surface area (Å²) in [5.41, 5.74) is 0. The van der Waals surface area contributed by atoms with E-state index in [9.17, 15) is 14.4 Å². The van der Waals surface area contributed by atoms with Gasteiger partial charge in [0.25, 0.3) is 0 Å². The van der Waals surface area contributed by atoms with Crippen LogP contribution in [-0.4, -0.2) is 55.1 Å². The van der Waals surface area contributed by atoms with Gasteiger partial charge in [-0.1, -0.05) is 13.8 Å². The molecule has 22 heavy (non-hydrogen) atoms. The fraction of sp³-hybridized carbons (Fsp3) is 0.800. The SMILES string of the molecule is COC(=O)N[C@H](CC(C)C)C(=O)N1CCC[C@H](NC(C)=O)C1. The van der Waals surface area contributed by atoms with E-state index in [2.05, 4.69) is 15.4 Å². The second kappa shape index (κ2) is 8.60. The van der Waals surface area contributed by atoms with Gasteiger partial charge in [-0.25, -0.2) is 4.79 Å². The van der Waals surface area contributed by atoms with Gasteiger partial charge in [0, 0.05) is 26.1 Å². The Bertz CT molecular complexity index is 412. The van der Waals surface area contributed by atoms with Gasteiger partial charge in [0.1, 0.15) is 6.04 Å². The number of piperidine rings is 1. The van der Waals surface area contributed by atoms with Gasteiger partial charge in [-0.3, -0.25) is 9.59 Å². The van der Waals surface area contributed by atoms with Gasteiger partial charge in [0.2, 0.25) is 11.8 Å². The number of amides is 3. The van der Waals surface area contributed by atoms with E-state index >= 15 is 0 Å². The summed E-state index contributed by atoms with van der Waals surface area (Å²) in [7, 11) is 1.28. The largest absolute Gasteiger partial charge is 0.453 e. The molecule has 2 N–H and O–H groups in total. The number of alkyl carbamates (subject to hydrolysis) is 1. The summed E-state index contributed by atoms with van der Waals surface area (Å²) in [6, 6.07) is -0.614. The Morgan fingerprint density at radius 2 is 2.00 bits per heavy atom. The van der Waals surface area contributed by atoms with Crippen LogP contribution < -0.4 is 10.6 Å². The van der Waals surface area contributed by atoms with Crippen LogP contribution in [0.15, 0.2) is 0 Å². The standard InChI is InChI=1S/C15H27N3O4/c1-10(2)8-13(17-15(21)22-4)14(20)18-7-5-6-12(9-18)16-11(3)19/h10,12-13H,5-9H2,1-4H3,(H,16,19)(H,17,21)/t12-,13+/m0/s1. The Labute approximate surface area is 131 Å². The quantitative estimate of drug-likeness (QED) is 0.789. The molecular formula is C15H27N3O4. The molecule has 0 aliphatic carbocycles. The minimum Gasteiger partial charge on any atom is -0.453 e. The topological polar surface area (TPSA) is 87.7 Å². The van der Waals surface area contributed by atoms with Gasteiger partial charge in [0.05, 0.1) is 7.11 Å². The zero-order valence-electron chi connectivity index (χ0n) is 13.8. The number of ether oxygens (including phenoxy) is 1. The van der Waals surface area contributed by atoms with Crippen molar-refractivity contribution in [2.24, 2.45) is 5.92 Å². The first-order chi connectivity index (χ1) is 10.3. The average molecular weight is 313 g/mol. The fourth-order valence-electron chi connectivity index (χ4n) is 2.70. The number of methoxy groups -OCH3 is 1. The van der Waals surface area contributed by atoms with Crippen LogP contribution in [0.3, 0.4) is 0 Å². The van der Waals surface area contributed by atoms with Crippen LogP contribution in [0.2, 0.25) is 0 Å². The molecule has 0 unspecified atom stereocenters. The Hall–Kier alpha value is -1.79. The summed E-state index contributed by atoms with van der Waals surface area (Å²) < 4.78 is 4.60. The number of nitrogens with one attached hydrogen (secondary N) is 2. The lowest BCUT2D eigenvalue weighted by atomic mass is 10.00. The molecule has 0 aromatic rings. The van der Waals surface area contributed by atoms with Crippen molar-refractivity contribution < 1.29 is 19.1 Å². The highest BCUT2D eigenvalue weighted by molar-refractivity contribution is 5.85. The van der Waals surface area contributed by atoms with Crippen molar-refractivity contribution in [2.75, 3.05) is 20.2 Å². The van der Waals surface area contributed by atoms with E-state index in [-0.39, 0.29) is 23.8 Å². The molecule has 0 aromatic carbocycles. The molecule has 1 aliphatic rings. The second-order valence-corrected chi connectivity index (χ2v) is 6.14. The van der Waals surface area contributed by atoms with E-state index in [0.717, 1.165) is 12.8 Å². The van der Waals surface area contributed by atoms with Gasteiger partial charge < -0.3 is 20.3 Å². The number of likely N-dealkylation sites (tertiary alicyclic amines) is 1. The van der Waals surface area contributed by atoms with Crippen LogP contribution in [0.4, 0.5) is 4.79 Å². The van der Waals surface area contributed by atoms with Crippen LogP contribution in [0.5, 0.6) is 0 Å². The summed E-state index contributed by atoms with van der Waals surface area (Å²) >= 11 is 0. The molecule has 126 valence electrons. The van der Waals surface area contributed by atoms with Crippen LogP contribution in [-0.2, 0) is 14.3 Å². The van der Waals surface area contributed by atoms with E-state index in [1.54, 1.807) is 4.90 Å². The third-order valence-electron chi connectivity index (χ3n) is 3.62. The van der Waals surface area contributed by atoms with Crippen molar-refractivity contribution in [3.05, 3.63) is 0 Å². The summed E-state index contributed by atoms with van der Waals surface area (Å²) in [4.78, 5) is 37.0. The normalized spacial score (nSPS) is 19.5. The maximum atomic E-state index is 12.7. The van der Waals surface area contributed by atoms with E-state index in [1.165, 1.54) is 14.0 Å². The molecule has 0 aromatic heterocycles. The van der Waals surface area contributed by atoms with E-state index in [4.69, 9.17) is 0 Å². The summed E-state index contributed by atoms with van der Waals surface area (Å²) in [5.74, 6) is 0.0573. The molecule has 1 aliphatic heterocycles. The highest BCUT2D eigenvalue weighted by atomic mass is 16.5. The molecular weight excluding hydrogens is 286 g/mol. The molecule has 7 nitrogen and oxygen atoms in total. The fourth-order valence-corrected chi connectivity index (χ4v) is 2.70. The lowest BCUT2D eigenvalue weighted by molar-refractivity contribution is -0.135. The van der Waals surface area contributed by atoms with Gasteiger partial charge in [0.15, 0.2) is 0 Å². The molecule has 0 saturated carbocycles. The summed E-state index contributed by atoms with van der Waals surface area (Å²) in [6.45, 7) is 6.59. The first-order valence-electron chi connectivity index (χ1n) is 7.73. The van der Waals surface area contributed by atoms with Crippen molar-refractivity contribution in [1.29, 1.82) is 0 Å². The molecule has 1 heterocycles. The first-order valence-corrected chi connectivity index (χ1v) is 7.73. The minimum absolute atomic E-state index is 0.0203. The van der Waals surface area contributed by atoms with Crippen LogP contribution in [0.1, 0.15) is 40.0 Å². The van der Waals surface area contributed by atoms with Crippen molar-refractivity contribution >= 4 is 17.9 Å². The number of nitrogens with zero attached hydrogens (tertiary/aromatic N) is 1. The monoisotopic (exact) mass is 313 g/mol. The summed E-state index contributed by atoms with van der Waals surface area (Å²) in [6.07, 6.45) is 1.65. The highest BCUT2D eigenvalue weighted by Gasteiger charge is 2.30. The molecule has 0 bridgehead atoms. The van der Waals surface area contributed by atoms with Gasteiger partial charge in [-0.05, 0) is 25.2 Å². The van der Waals surface area contributed by atoms with Crippen LogP contribution >= 0.6 is 0 Å². The Morgan fingerprint density at radius 1 is 1.32 bits per heavy atom. The van der Waals surface area contributed by atoms with Crippen molar-refractivity contribution in [3.8, 4) is 0 Å². The molecule has 1 saturated heterocycles. The number of rotatable bonds is 5. The van der Waals surface area contributed by atoms with Crippen molar-refractivity contribution in [1.82, 2.24) is 15.5 Å². The Kier molecular flexibility index (Phi) is 7.14. The van der Waals surface area contributed by atoms with Crippen molar-refractivity contribution in [3.63, 3.8) is 0 Å². The number of hydrogen-bond acceptors (Lipinski definition) is 4. The lowest BCUT2D eigenvalue weighted by Gasteiger charge is -2.35. The van der Waals surface area contributed by atoms with Gasteiger partial charge >= 0.3 is 6.09 Å². The Balaban J connectivity index is 2.70. The first kappa shape index (κ1) is 18.3. The molecule has 7 heteroatoms. The van der Waals surface area contributed by atoms with Crippen molar-refractivity contribution in [2.45, 2.75) is 52.1 Å². The van der Waals surface area contributed by atoms with E-state index in [1.807, 2.05) is 13.8 Å². The number of hydrogen-bond donors (Lipinski definition) is 2. The Morgan fingerprint density at radius 3 is 2.55 bits per heavy atom.